The zero-order valence-corrected chi connectivity index (χ0v) is 18.0. The largest absolute Gasteiger partial charge is 0.488 e. The highest BCUT2D eigenvalue weighted by Gasteiger charge is 2.11. The van der Waals surface area contributed by atoms with Crippen molar-refractivity contribution in [3.8, 4) is 5.75 Å². The lowest BCUT2D eigenvalue weighted by Crippen LogP contribution is -2.18. The fourth-order valence-electron chi connectivity index (χ4n) is 3.21. The van der Waals surface area contributed by atoms with Crippen molar-refractivity contribution in [3.05, 3.63) is 106 Å². The van der Waals surface area contributed by atoms with E-state index in [1.807, 2.05) is 36.4 Å². The number of rotatable bonds is 7. The molecule has 8 heteroatoms. The van der Waals surface area contributed by atoms with E-state index in [1.165, 1.54) is 24.5 Å². The first-order valence-corrected chi connectivity index (χ1v) is 10.3. The molecule has 3 aromatic carbocycles. The number of carboxylic acid groups (broad SMARTS) is 1. The number of hydrogen-bond acceptors (Lipinski definition) is 5. The number of carboxylic acids is 1. The van der Waals surface area contributed by atoms with Crippen molar-refractivity contribution in [3.63, 3.8) is 0 Å². The molecule has 0 aliphatic rings. The Labute approximate surface area is 194 Å². The summed E-state index contributed by atoms with van der Waals surface area (Å²) in [5.41, 5.74) is 4.40. The SMILES string of the molecule is O=C(O)c1ccc(COc2ccc3ccccc3c2C=NNC(=O)c2cccnc2Cl)cc1. The number of ether oxygens (including phenoxy) is 1. The maximum atomic E-state index is 12.4. The minimum Gasteiger partial charge on any atom is -0.488 e. The molecule has 0 spiro atoms. The summed E-state index contributed by atoms with van der Waals surface area (Å²) in [6.07, 6.45) is 3.02. The molecule has 0 unspecified atom stereocenters. The molecule has 0 fully saturated rings. The van der Waals surface area contributed by atoms with Crippen LogP contribution >= 0.6 is 11.6 Å². The zero-order chi connectivity index (χ0) is 23.2. The van der Waals surface area contributed by atoms with E-state index in [4.69, 9.17) is 21.4 Å². The van der Waals surface area contributed by atoms with Crippen molar-refractivity contribution in [1.82, 2.24) is 10.4 Å². The van der Waals surface area contributed by atoms with Crippen LogP contribution in [0.3, 0.4) is 0 Å². The maximum Gasteiger partial charge on any atom is 0.335 e. The Kier molecular flexibility index (Phi) is 6.61. The van der Waals surface area contributed by atoms with Gasteiger partial charge in [0.2, 0.25) is 0 Å². The first kappa shape index (κ1) is 22.0. The molecule has 0 atom stereocenters. The predicted molar refractivity (Wildman–Crippen MR) is 126 cm³/mol. The van der Waals surface area contributed by atoms with E-state index in [1.54, 1.807) is 24.3 Å². The Morgan fingerprint density at radius 3 is 2.58 bits per heavy atom. The highest BCUT2D eigenvalue weighted by Crippen LogP contribution is 2.27. The van der Waals surface area contributed by atoms with Crippen LogP contribution < -0.4 is 10.2 Å². The monoisotopic (exact) mass is 459 g/mol. The summed E-state index contributed by atoms with van der Waals surface area (Å²) in [6, 6.07) is 21.1. The number of benzene rings is 3. The Balaban J connectivity index is 1.57. The van der Waals surface area contributed by atoms with Crippen LogP contribution in [-0.4, -0.2) is 28.2 Å². The third-order valence-electron chi connectivity index (χ3n) is 4.89. The van der Waals surface area contributed by atoms with Gasteiger partial charge >= 0.3 is 5.97 Å². The summed E-state index contributed by atoms with van der Waals surface area (Å²) >= 11 is 5.97. The summed E-state index contributed by atoms with van der Waals surface area (Å²) in [5.74, 6) is -0.899. The zero-order valence-electron chi connectivity index (χ0n) is 17.2. The summed E-state index contributed by atoms with van der Waals surface area (Å²) in [5, 5.41) is 15.1. The van der Waals surface area contributed by atoms with Gasteiger partial charge in [0.25, 0.3) is 5.91 Å². The molecule has 0 bridgehead atoms. The van der Waals surface area contributed by atoms with Crippen molar-refractivity contribution in [2.75, 3.05) is 0 Å². The van der Waals surface area contributed by atoms with Gasteiger partial charge in [-0.05, 0) is 46.7 Å². The van der Waals surface area contributed by atoms with E-state index in [0.29, 0.717) is 11.3 Å². The molecule has 0 radical (unpaired) electrons. The molecule has 1 amide bonds. The summed E-state index contributed by atoms with van der Waals surface area (Å²) < 4.78 is 6.01. The number of nitrogens with one attached hydrogen (secondary N) is 1. The second kappa shape index (κ2) is 9.93. The predicted octanol–water partition coefficient (Wildman–Crippen LogP) is 4.93. The van der Waals surface area contributed by atoms with Gasteiger partial charge < -0.3 is 9.84 Å². The molecule has 0 saturated heterocycles. The molecule has 1 aromatic heterocycles. The Morgan fingerprint density at radius 1 is 1.03 bits per heavy atom. The van der Waals surface area contributed by atoms with Crippen molar-refractivity contribution in [1.29, 1.82) is 0 Å². The first-order chi connectivity index (χ1) is 16.0. The lowest BCUT2D eigenvalue weighted by Gasteiger charge is -2.12. The average Bonchev–Trinajstić information content (AvgIpc) is 2.83. The fraction of sp³-hybridized carbons (Fsp3) is 0.0400. The van der Waals surface area contributed by atoms with Crippen LogP contribution in [0, 0.1) is 0 Å². The van der Waals surface area contributed by atoms with Gasteiger partial charge in [0, 0.05) is 11.8 Å². The number of fused-ring (bicyclic) bond motifs is 1. The van der Waals surface area contributed by atoms with Gasteiger partial charge in [0.15, 0.2) is 0 Å². The summed E-state index contributed by atoms with van der Waals surface area (Å²) in [6.45, 7) is 0.233. The third kappa shape index (κ3) is 5.16. The van der Waals surface area contributed by atoms with Gasteiger partial charge in [0.1, 0.15) is 17.5 Å². The second-order valence-electron chi connectivity index (χ2n) is 7.03. The molecule has 33 heavy (non-hydrogen) atoms. The number of nitrogens with zero attached hydrogens (tertiary/aromatic N) is 2. The number of aromatic carboxylic acids is 1. The number of halogens is 1. The van der Waals surface area contributed by atoms with E-state index in [0.717, 1.165) is 16.3 Å². The smallest absolute Gasteiger partial charge is 0.335 e. The van der Waals surface area contributed by atoms with Gasteiger partial charge in [-0.3, -0.25) is 4.79 Å². The van der Waals surface area contributed by atoms with Crippen LogP contribution in [0.4, 0.5) is 0 Å². The molecule has 1 heterocycles. The van der Waals surface area contributed by atoms with E-state index < -0.39 is 11.9 Å². The molecule has 4 rings (SSSR count). The fourth-order valence-corrected chi connectivity index (χ4v) is 3.42. The Morgan fingerprint density at radius 2 is 1.82 bits per heavy atom. The number of hydrazone groups is 1. The van der Waals surface area contributed by atoms with Gasteiger partial charge in [-0.2, -0.15) is 5.10 Å². The molecule has 4 aromatic rings. The quantitative estimate of drug-likeness (QED) is 0.232. The van der Waals surface area contributed by atoms with Crippen molar-refractivity contribution < 1.29 is 19.4 Å². The van der Waals surface area contributed by atoms with Crippen molar-refractivity contribution >= 4 is 40.5 Å². The third-order valence-corrected chi connectivity index (χ3v) is 5.19. The molecular formula is C25H18ClN3O4. The number of hydrogen-bond donors (Lipinski definition) is 2. The molecule has 0 aliphatic heterocycles. The minimum atomic E-state index is -0.981. The normalized spacial score (nSPS) is 10.9. The standard InChI is InChI=1S/C25H18ClN3O4/c26-23-20(6-3-13-27-23)24(30)29-28-14-21-19-5-2-1-4-17(19)11-12-22(21)33-15-16-7-9-18(10-8-16)25(31)32/h1-14H,15H2,(H,29,30)(H,31,32). The maximum absolute atomic E-state index is 12.4. The van der Waals surface area contributed by atoms with Crippen molar-refractivity contribution in [2.24, 2.45) is 5.10 Å². The number of carbonyl (C=O) groups excluding carboxylic acids is 1. The molecule has 2 N–H and O–H groups in total. The molecule has 7 nitrogen and oxygen atoms in total. The van der Waals surface area contributed by atoms with Gasteiger partial charge in [-0.15, -0.1) is 0 Å². The van der Waals surface area contributed by atoms with Crippen molar-refractivity contribution in [2.45, 2.75) is 6.61 Å². The van der Waals surface area contributed by atoms with Gasteiger partial charge in [-0.1, -0.05) is 54.1 Å². The van der Waals surface area contributed by atoms with E-state index in [9.17, 15) is 9.59 Å². The number of aromatic nitrogens is 1. The van der Waals surface area contributed by atoms with Crippen LogP contribution in [0.25, 0.3) is 10.8 Å². The Hall–Kier alpha value is -4.23. The first-order valence-electron chi connectivity index (χ1n) is 9.93. The average molecular weight is 460 g/mol. The Bertz CT molecular complexity index is 1350. The number of carbonyl (C=O) groups is 2. The number of pyridine rings is 1. The lowest BCUT2D eigenvalue weighted by molar-refractivity contribution is 0.0696. The van der Waals surface area contributed by atoms with Crippen LogP contribution in [0.5, 0.6) is 5.75 Å². The molecule has 164 valence electrons. The minimum absolute atomic E-state index is 0.0910. The summed E-state index contributed by atoms with van der Waals surface area (Å²) in [7, 11) is 0. The highest BCUT2D eigenvalue weighted by molar-refractivity contribution is 6.32. The van der Waals surface area contributed by atoms with Crippen LogP contribution in [0.15, 0.2) is 84.1 Å². The lowest BCUT2D eigenvalue weighted by atomic mass is 10.0. The van der Waals surface area contributed by atoms with E-state index >= 15 is 0 Å². The topological polar surface area (TPSA) is 101 Å². The molecule has 0 saturated carbocycles. The van der Waals surface area contributed by atoms with Crippen LogP contribution in [0.2, 0.25) is 5.15 Å². The van der Waals surface area contributed by atoms with Crippen LogP contribution in [-0.2, 0) is 6.61 Å². The van der Waals surface area contributed by atoms with E-state index in [2.05, 4.69) is 15.5 Å². The number of amides is 1. The second-order valence-corrected chi connectivity index (χ2v) is 7.39. The molecular weight excluding hydrogens is 442 g/mol. The summed E-state index contributed by atoms with van der Waals surface area (Å²) in [4.78, 5) is 27.3. The van der Waals surface area contributed by atoms with Gasteiger partial charge in [0.05, 0.1) is 17.3 Å². The highest BCUT2D eigenvalue weighted by atomic mass is 35.5. The van der Waals surface area contributed by atoms with Gasteiger partial charge in [-0.25, -0.2) is 15.2 Å². The molecule has 0 aliphatic carbocycles. The van der Waals surface area contributed by atoms with Crippen LogP contribution in [0.1, 0.15) is 31.8 Å². The van der Waals surface area contributed by atoms with E-state index in [-0.39, 0.29) is 22.9 Å².